The molecule has 5 nitrogen and oxygen atoms in total. The fourth-order valence-corrected chi connectivity index (χ4v) is 1.99. The zero-order valence-electron chi connectivity index (χ0n) is 10.5. The van der Waals surface area contributed by atoms with Crippen LogP contribution in [-0.2, 0) is 0 Å². The topological polar surface area (TPSA) is 51.5 Å². The molecule has 102 valence electrons. The van der Waals surface area contributed by atoms with Crippen molar-refractivity contribution in [2.45, 2.75) is 0 Å². The summed E-state index contributed by atoms with van der Waals surface area (Å²) in [6.07, 6.45) is 1.63. The highest BCUT2D eigenvalue weighted by atomic mass is 35.5. The first-order valence-electron chi connectivity index (χ1n) is 5.78. The van der Waals surface area contributed by atoms with Crippen molar-refractivity contribution < 1.29 is 9.13 Å². The number of benzene rings is 1. The van der Waals surface area contributed by atoms with E-state index in [4.69, 9.17) is 16.3 Å². The lowest BCUT2D eigenvalue weighted by atomic mass is 10.3. The third-order valence-corrected chi connectivity index (χ3v) is 3.03. The lowest BCUT2D eigenvalue weighted by Gasteiger charge is -2.10. The maximum atomic E-state index is 13.2. The number of rotatable bonds is 3. The maximum Gasteiger partial charge on any atom is 0.218 e. The molecule has 0 unspecified atom stereocenters. The van der Waals surface area contributed by atoms with E-state index in [1.165, 1.54) is 19.2 Å². The Hall–Kier alpha value is -2.34. The van der Waals surface area contributed by atoms with Crippen LogP contribution in [0.4, 0.5) is 15.9 Å². The fourth-order valence-electron chi connectivity index (χ4n) is 1.81. The number of nitrogens with one attached hydrogen (secondary N) is 1. The number of ether oxygens (including phenoxy) is 1. The van der Waals surface area contributed by atoms with Crippen LogP contribution in [0.25, 0.3) is 5.65 Å². The summed E-state index contributed by atoms with van der Waals surface area (Å²) in [6.45, 7) is 0. The van der Waals surface area contributed by atoms with Crippen LogP contribution in [-0.4, -0.2) is 21.7 Å². The van der Waals surface area contributed by atoms with Gasteiger partial charge in [0, 0.05) is 17.8 Å². The molecular weight excluding hydrogens is 283 g/mol. The Bertz CT molecular complexity index is 774. The summed E-state index contributed by atoms with van der Waals surface area (Å²) >= 11 is 5.76. The Labute approximate surface area is 119 Å². The van der Waals surface area contributed by atoms with Gasteiger partial charge in [0.05, 0.1) is 18.3 Å². The molecule has 7 heteroatoms. The Morgan fingerprint density at radius 1 is 1.30 bits per heavy atom. The predicted molar refractivity (Wildman–Crippen MR) is 74.2 cm³/mol. The van der Waals surface area contributed by atoms with E-state index >= 15 is 0 Å². The van der Waals surface area contributed by atoms with E-state index in [2.05, 4.69) is 15.4 Å². The second-order valence-electron chi connectivity index (χ2n) is 4.04. The Kier molecular flexibility index (Phi) is 3.15. The summed E-state index contributed by atoms with van der Waals surface area (Å²) in [6, 6.07) is 7.83. The van der Waals surface area contributed by atoms with Crippen molar-refractivity contribution in [2.75, 3.05) is 12.4 Å². The average molecular weight is 293 g/mol. The minimum absolute atomic E-state index is 0.0488. The quantitative estimate of drug-likeness (QED) is 0.805. The first-order valence-corrected chi connectivity index (χ1v) is 6.16. The predicted octanol–water partition coefficient (Wildman–Crippen LogP) is 3.27. The number of anilines is 2. The van der Waals surface area contributed by atoms with Gasteiger partial charge in [-0.15, -0.1) is 0 Å². The van der Waals surface area contributed by atoms with Gasteiger partial charge >= 0.3 is 0 Å². The summed E-state index contributed by atoms with van der Waals surface area (Å²) in [4.78, 5) is 4.24. The second kappa shape index (κ2) is 4.97. The van der Waals surface area contributed by atoms with Crippen molar-refractivity contribution in [2.24, 2.45) is 0 Å². The van der Waals surface area contributed by atoms with E-state index < -0.39 is 5.82 Å². The molecule has 0 saturated carbocycles. The molecular formula is C13H10ClFN4O. The second-order valence-corrected chi connectivity index (χ2v) is 4.45. The lowest BCUT2D eigenvalue weighted by Crippen LogP contribution is -2.02. The van der Waals surface area contributed by atoms with Crippen LogP contribution in [0.1, 0.15) is 0 Å². The summed E-state index contributed by atoms with van der Waals surface area (Å²) in [5.41, 5.74) is 1.28. The summed E-state index contributed by atoms with van der Waals surface area (Å²) in [5.74, 6) is 0.627. The first kappa shape index (κ1) is 12.7. The van der Waals surface area contributed by atoms with E-state index in [0.717, 1.165) is 0 Å². The van der Waals surface area contributed by atoms with E-state index in [1.54, 1.807) is 28.9 Å². The van der Waals surface area contributed by atoms with Crippen molar-refractivity contribution in [3.63, 3.8) is 0 Å². The summed E-state index contributed by atoms with van der Waals surface area (Å²) in [5, 5.41) is 7.31. The molecule has 1 aromatic carbocycles. The van der Waals surface area contributed by atoms with Gasteiger partial charge in [0.2, 0.25) is 5.88 Å². The number of hydrogen-bond acceptors (Lipinski definition) is 4. The van der Waals surface area contributed by atoms with Crippen LogP contribution in [0, 0.1) is 5.82 Å². The van der Waals surface area contributed by atoms with Crippen molar-refractivity contribution in [1.82, 2.24) is 14.6 Å². The van der Waals surface area contributed by atoms with Crippen molar-refractivity contribution in [3.05, 3.63) is 47.4 Å². The van der Waals surface area contributed by atoms with Crippen molar-refractivity contribution >= 4 is 28.8 Å². The van der Waals surface area contributed by atoms with Crippen LogP contribution in [0.3, 0.4) is 0 Å². The number of nitrogens with zero attached hydrogens (tertiary/aromatic N) is 3. The minimum atomic E-state index is -0.464. The summed E-state index contributed by atoms with van der Waals surface area (Å²) in [7, 11) is 1.54. The standard InChI is InChI=1S/C13H10ClFN4O/c1-20-13-7-12(19-11(18-13)4-5-16-19)17-8-2-3-10(15)9(14)6-8/h2-7,17H,1H3. The van der Waals surface area contributed by atoms with Crippen molar-refractivity contribution in [3.8, 4) is 5.88 Å². The normalized spacial score (nSPS) is 10.8. The third-order valence-electron chi connectivity index (χ3n) is 2.74. The van der Waals surface area contributed by atoms with Crippen LogP contribution < -0.4 is 10.1 Å². The highest BCUT2D eigenvalue weighted by molar-refractivity contribution is 6.31. The zero-order valence-corrected chi connectivity index (χ0v) is 11.2. The number of hydrogen-bond donors (Lipinski definition) is 1. The molecule has 2 heterocycles. The number of aromatic nitrogens is 3. The first-order chi connectivity index (χ1) is 9.67. The van der Waals surface area contributed by atoms with Gasteiger partial charge in [0.25, 0.3) is 0 Å². The SMILES string of the molecule is COc1cc(Nc2ccc(F)c(Cl)c2)n2nccc2n1. The number of halogens is 2. The molecule has 3 aromatic rings. The third kappa shape index (κ3) is 2.25. The van der Waals surface area contributed by atoms with Gasteiger partial charge in [-0.1, -0.05) is 11.6 Å². The fraction of sp³-hybridized carbons (Fsp3) is 0.0769. The van der Waals surface area contributed by atoms with E-state index in [1.807, 2.05) is 0 Å². The van der Waals surface area contributed by atoms with Gasteiger partial charge in [-0.3, -0.25) is 0 Å². The minimum Gasteiger partial charge on any atom is -0.481 e. The van der Waals surface area contributed by atoms with Crippen molar-refractivity contribution in [1.29, 1.82) is 0 Å². The van der Waals surface area contributed by atoms with Gasteiger partial charge in [-0.2, -0.15) is 14.6 Å². The molecule has 0 atom stereocenters. The molecule has 0 radical (unpaired) electrons. The van der Waals surface area contributed by atoms with Crippen LogP contribution in [0.15, 0.2) is 36.5 Å². The lowest BCUT2D eigenvalue weighted by molar-refractivity contribution is 0.398. The molecule has 0 spiro atoms. The molecule has 1 N–H and O–H groups in total. The van der Waals surface area contributed by atoms with Gasteiger partial charge < -0.3 is 10.1 Å². The Morgan fingerprint density at radius 3 is 2.90 bits per heavy atom. The molecule has 0 fully saturated rings. The maximum absolute atomic E-state index is 13.2. The van der Waals surface area contributed by atoms with E-state index in [0.29, 0.717) is 23.0 Å². The molecule has 0 bridgehead atoms. The van der Waals surface area contributed by atoms with Gasteiger partial charge in [0.1, 0.15) is 11.6 Å². The summed E-state index contributed by atoms with van der Waals surface area (Å²) < 4.78 is 19.9. The highest BCUT2D eigenvalue weighted by Crippen LogP contribution is 2.24. The Balaban J connectivity index is 2.04. The smallest absolute Gasteiger partial charge is 0.218 e. The molecule has 20 heavy (non-hydrogen) atoms. The Morgan fingerprint density at radius 2 is 2.15 bits per heavy atom. The number of methoxy groups -OCH3 is 1. The van der Waals surface area contributed by atoms with Gasteiger partial charge in [0.15, 0.2) is 5.65 Å². The largest absolute Gasteiger partial charge is 0.481 e. The molecule has 0 amide bonds. The zero-order chi connectivity index (χ0) is 14.1. The monoisotopic (exact) mass is 292 g/mol. The van der Waals surface area contributed by atoms with E-state index in [9.17, 15) is 4.39 Å². The molecule has 0 aliphatic heterocycles. The van der Waals surface area contributed by atoms with Gasteiger partial charge in [-0.25, -0.2) is 4.39 Å². The highest BCUT2D eigenvalue weighted by Gasteiger charge is 2.08. The van der Waals surface area contributed by atoms with Crippen LogP contribution in [0.2, 0.25) is 5.02 Å². The molecule has 0 saturated heterocycles. The molecule has 0 aliphatic rings. The average Bonchev–Trinajstić information content (AvgIpc) is 2.91. The number of fused-ring (bicyclic) bond motifs is 1. The molecule has 2 aromatic heterocycles. The molecule has 3 rings (SSSR count). The molecule has 0 aliphatic carbocycles. The van der Waals surface area contributed by atoms with E-state index in [-0.39, 0.29) is 5.02 Å². The van der Waals surface area contributed by atoms with Crippen LogP contribution in [0.5, 0.6) is 5.88 Å². The van der Waals surface area contributed by atoms with Gasteiger partial charge in [-0.05, 0) is 18.2 Å². The van der Waals surface area contributed by atoms with Crippen LogP contribution >= 0.6 is 11.6 Å².